The zero-order valence-electron chi connectivity index (χ0n) is 16.7. The van der Waals surface area contributed by atoms with E-state index in [9.17, 15) is 13.6 Å². The van der Waals surface area contributed by atoms with Gasteiger partial charge in [0, 0.05) is 44.2 Å². The summed E-state index contributed by atoms with van der Waals surface area (Å²) < 4.78 is 32.3. The number of carbonyl (C=O) groups is 1. The number of amides is 1. The Balaban J connectivity index is 1.27. The predicted molar refractivity (Wildman–Crippen MR) is 108 cm³/mol. The van der Waals surface area contributed by atoms with Crippen molar-refractivity contribution in [3.8, 4) is 0 Å². The molecule has 2 aliphatic rings. The second-order valence-corrected chi connectivity index (χ2v) is 7.56. The molecule has 4 rings (SSSR count). The van der Waals surface area contributed by atoms with Crippen molar-refractivity contribution in [2.24, 2.45) is 5.92 Å². The molecule has 2 fully saturated rings. The maximum absolute atomic E-state index is 13.7. The van der Waals surface area contributed by atoms with E-state index in [0.717, 1.165) is 37.0 Å². The van der Waals surface area contributed by atoms with E-state index in [1.54, 1.807) is 0 Å². The lowest BCUT2D eigenvalue weighted by atomic mass is 9.95. The summed E-state index contributed by atoms with van der Waals surface area (Å²) in [5.41, 5.74) is 1.09. The van der Waals surface area contributed by atoms with Crippen LogP contribution in [0.4, 0.5) is 20.4 Å². The van der Waals surface area contributed by atoms with E-state index in [1.807, 2.05) is 12.4 Å². The third-order valence-electron chi connectivity index (χ3n) is 5.61. The van der Waals surface area contributed by atoms with Crippen molar-refractivity contribution in [1.29, 1.82) is 0 Å². The fourth-order valence-electron chi connectivity index (χ4n) is 3.81. The fraction of sp³-hybridized carbons (Fsp3) is 0.476. The summed E-state index contributed by atoms with van der Waals surface area (Å²) >= 11 is 0. The number of carbonyl (C=O) groups excluding carboxylic acids is 1. The minimum atomic E-state index is -0.521. The van der Waals surface area contributed by atoms with Gasteiger partial charge in [-0.25, -0.2) is 18.7 Å². The Morgan fingerprint density at radius 2 is 1.77 bits per heavy atom. The van der Waals surface area contributed by atoms with Crippen LogP contribution in [0, 0.1) is 17.6 Å². The van der Waals surface area contributed by atoms with Crippen LogP contribution in [0.2, 0.25) is 0 Å². The molecule has 30 heavy (non-hydrogen) atoms. The average Bonchev–Trinajstić information content (AvgIpc) is 2.80. The van der Waals surface area contributed by atoms with Crippen molar-refractivity contribution in [2.75, 3.05) is 49.2 Å². The highest BCUT2D eigenvalue weighted by Gasteiger charge is 2.25. The lowest BCUT2D eigenvalue weighted by Gasteiger charge is -2.33. The fourth-order valence-corrected chi connectivity index (χ4v) is 3.81. The maximum Gasteiger partial charge on any atom is 0.225 e. The number of hydrogen-bond donors (Lipinski definition) is 1. The summed E-state index contributed by atoms with van der Waals surface area (Å²) in [7, 11) is 0. The number of ether oxygens (including phenoxy) is 1. The molecule has 2 saturated heterocycles. The smallest absolute Gasteiger partial charge is 0.225 e. The Morgan fingerprint density at radius 1 is 1.07 bits per heavy atom. The van der Waals surface area contributed by atoms with Crippen LogP contribution in [0.1, 0.15) is 18.4 Å². The van der Waals surface area contributed by atoms with Gasteiger partial charge in [0.05, 0.1) is 31.3 Å². The van der Waals surface area contributed by atoms with Gasteiger partial charge in [-0.2, -0.15) is 0 Å². The lowest BCUT2D eigenvalue weighted by Crippen LogP contribution is -2.40. The third-order valence-corrected chi connectivity index (χ3v) is 5.61. The van der Waals surface area contributed by atoms with Gasteiger partial charge in [0.25, 0.3) is 0 Å². The topological polar surface area (TPSA) is 70.6 Å². The summed E-state index contributed by atoms with van der Waals surface area (Å²) in [4.78, 5) is 25.7. The third kappa shape index (κ3) is 4.84. The van der Waals surface area contributed by atoms with Crippen LogP contribution < -0.4 is 15.1 Å². The molecule has 0 aliphatic carbocycles. The highest BCUT2D eigenvalue weighted by molar-refractivity contribution is 5.79. The van der Waals surface area contributed by atoms with E-state index >= 15 is 0 Å². The molecule has 0 bridgehead atoms. The summed E-state index contributed by atoms with van der Waals surface area (Å²) in [5.74, 6) is -0.604. The van der Waals surface area contributed by atoms with E-state index in [0.29, 0.717) is 45.1 Å². The van der Waals surface area contributed by atoms with Gasteiger partial charge >= 0.3 is 0 Å². The molecule has 7 nitrogen and oxygen atoms in total. The Bertz CT molecular complexity index is 866. The van der Waals surface area contributed by atoms with Crippen molar-refractivity contribution in [2.45, 2.75) is 19.4 Å². The molecule has 1 amide bonds. The van der Waals surface area contributed by atoms with Gasteiger partial charge in [0.1, 0.15) is 11.6 Å². The van der Waals surface area contributed by atoms with Gasteiger partial charge in [-0.1, -0.05) is 0 Å². The molecule has 9 heteroatoms. The van der Waals surface area contributed by atoms with Gasteiger partial charge in [-0.15, -0.1) is 0 Å². The van der Waals surface area contributed by atoms with E-state index in [2.05, 4.69) is 25.1 Å². The normalized spacial score (nSPS) is 17.8. The van der Waals surface area contributed by atoms with Gasteiger partial charge in [-0.3, -0.25) is 4.79 Å². The molecule has 1 aromatic heterocycles. The molecule has 2 aromatic rings. The monoisotopic (exact) mass is 417 g/mol. The second kappa shape index (κ2) is 9.34. The molecule has 0 saturated carbocycles. The minimum Gasteiger partial charge on any atom is -0.378 e. The first-order valence-electron chi connectivity index (χ1n) is 10.2. The largest absolute Gasteiger partial charge is 0.378 e. The predicted octanol–water partition coefficient (Wildman–Crippen LogP) is 2.12. The first-order chi connectivity index (χ1) is 14.6. The molecule has 0 spiro atoms. The lowest BCUT2D eigenvalue weighted by molar-refractivity contribution is -0.125. The number of morpholine rings is 1. The van der Waals surface area contributed by atoms with Crippen LogP contribution in [-0.4, -0.2) is 55.3 Å². The number of nitrogens with zero attached hydrogens (tertiary/aromatic N) is 4. The van der Waals surface area contributed by atoms with Crippen LogP contribution >= 0.6 is 0 Å². The van der Waals surface area contributed by atoms with Gasteiger partial charge in [0.2, 0.25) is 11.9 Å². The molecule has 160 valence electrons. The van der Waals surface area contributed by atoms with E-state index in [-0.39, 0.29) is 23.9 Å². The number of anilines is 2. The van der Waals surface area contributed by atoms with E-state index in [1.165, 1.54) is 0 Å². The van der Waals surface area contributed by atoms with Crippen LogP contribution in [0.5, 0.6) is 0 Å². The minimum absolute atomic E-state index is 0.0144. The summed E-state index contributed by atoms with van der Waals surface area (Å²) in [6.07, 6.45) is 5.02. The molecular formula is C21H25F2N5O2. The van der Waals surface area contributed by atoms with Crippen molar-refractivity contribution < 1.29 is 18.3 Å². The second-order valence-electron chi connectivity index (χ2n) is 7.56. The van der Waals surface area contributed by atoms with Crippen LogP contribution in [0.15, 0.2) is 30.6 Å². The number of aromatic nitrogens is 2. The Kier molecular flexibility index (Phi) is 6.37. The van der Waals surface area contributed by atoms with Crippen molar-refractivity contribution in [3.63, 3.8) is 0 Å². The summed E-state index contributed by atoms with van der Waals surface area (Å²) in [6, 6.07) is 3.24. The molecule has 0 atom stereocenters. The Labute approximate surface area is 174 Å². The number of halogens is 2. The Morgan fingerprint density at radius 3 is 2.47 bits per heavy atom. The zero-order valence-corrected chi connectivity index (χ0v) is 16.7. The summed E-state index contributed by atoms with van der Waals surface area (Å²) in [6.45, 7) is 4.37. The van der Waals surface area contributed by atoms with Crippen LogP contribution in [0.3, 0.4) is 0 Å². The highest BCUT2D eigenvalue weighted by atomic mass is 19.1. The van der Waals surface area contributed by atoms with Gasteiger partial charge < -0.3 is 19.9 Å². The maximum atomic E-state index is 13.7. The number of benzene rings is 1. The standard InChI is InChI=1S/C21H25F2N5O2/c22-17-1-2-19(23)16(11-17)12-24-20(29)15-3-5-27(6-4-15)18-13-25-21(26-14-18)28-7-9-30-10-8-28/h1-2,11,13-15H,3-10,12H2,(H,24,29). The quantitative estimate of drug-likeness (QED) is 0.804. The van der Waals surface area contributed by atoms with Crippen molar-refractivity contribution in [3.05, 3.63) is 47.8 Å². The molecule has 3 heterocycles. The zero-order chi connectivity index (χ0) is 20.9. The first-order valence-corrected chi connectivity index (χ1v) is 10.2. The van der Waals surface area contributed by atoms with Crippen LogP contribution in [-0.2, 0) is 16.1 Å². The first kappa shape index (κ1) is 20.5. The Hall–Kier alpha value is -2.81. The molecule has 0 radical (unpaired) electrons. The SMILES string of the molecule is O=C(NCc1cc(F)ccc1F)C1CCN(c2cnc(N3CCOCC3)nc2)CC1. The van der Waals surface area contributed by atoms with E-state index < -0.39 is 11.6 Å². The van der Waals surface area contributed by atoms with Crippen molar-refractivity contribution >= 4 is 17.5 Å². The molecule has 1 N–H and O–H groups in total. The number of rotatable bonds is 5. The molecule has 1 aromatic carbocycles. The number of nitrogens with one attached hydrogen (secondary N) is 1. The van der Waals surface area contributed by atoms with Gasteiger partial charge in [-0.05, 0) is 31.0 Å². The van der Waals surface area contributed by atoms with E-state index in [4.69, 9.17) is 4.74 Å². The molecule has 2 aliphatic heterocycles. The average molecular weight is 417 g/mol. The van der Waals surface area contributed by atoms with Gasteiger partial charge in [0.15, 0.2) is 0 Å². The van der Waals surface area contributed by atoms with Crippen LogP contribution in [0.25, 0.3) is 0 Å². The highest BCUT2D eigenvalue weighted by Crippen LogP contribution is 2.23. The molecular weight excluding hydrogens is 392 g/mol. The molecule has 0 unspecified atom stereocenters. The van der Waals surface area contributed by atoms with Crippen molar-refractivity contribution in [1.82, 2.24) is 15.3 Å². The number of hydrogen-bond acceptors (Lipinski definition) is 6. The summed E-state index contributed by atoms with van der Waals surface area (Å²) in [5, 5.41) is 2.73. The number of piperidine rings is 1.